The minimum absolute atomic E-state index is 0.321. The molecule has 1 saturated heterocycles. The van der Waals surface area contributed by atoms with E-state index in [4.69, 9.17) is 0 Å². The lowest BCUT2D eigenvalue weighted by Crippen LogP contribution is -2.18. The molecular formula is C12H19NO. The van der Waals surface area contributed by atoms with Crippen molar-refractivity contribution >= 4 is 5.91 Å². The van der Waals surface area contributed by atoms with E-state index in [1.807, 2.05) is 4.90 Å². The smallest absolute Gasteiger partial charge is 0.226 e. The zero-order valence-electron chi connectivity index (χ0n) is 8.80. The van der Waals surface area contributed by atoms with Gasteiger partial charge in [-0.1, -0.05) is 18.4 Å². The average Bonchev–Trinajstić information content (AvgIpc) is 2.44. The Morgan fingerprint density at radius 2 is 1.64 bits per heavy atom. The van der Waals surface area contributed by atoms with E-state index in [2.05, 4.69) is 6.20 Å². The van der Waals surface area contributed by atoms with E-state index in [1.54, 1.807) is 0 Å². The van der Waals surface area contributed by atoms with Gasteiger partial charge in [-0.2, -0.15) is 0 Å². The maximum absolute atomic E-state index is 11.4. The van der Waals surface area contributed by atoms with Gasteiger partial charge in [0.15, 0.2) is 0 Å². The summed E-state index contributed by atoms with van der Waals surface area (Å²) in [5.74, 6) is 0.321. The molecule has 0 unspecified atom stereocenters. The Morgan fingerprint density at radius 1 is 0.929 bits per heavy atom. The molecule has 2 nitrogen and oxygen atoms in total. The summed E-state index contributed by atoms with van der Waals surface area (Å²) in [6.45, 7) is 0.947. The molecule has 0 aromatic rings. The SMILES string of the molecule is O=C1CCCN1C=C1CCCCCC1. The first-order chi connectivity index (χ1) is 6.86. The van der Waals surface area contributed by atoms with Gasteiger partial charge in [0.2, 0.25) is 5.91 Å². The summed E-state index contributed by atoms with van der Waals surface area (Å²) in [4.78, 5) is 13.3. The van der Waals surface area contributed by atoms with Crippen molar-refractivity contribution in [1.29, 1.82) is 0 Å². The standard InChI is InChI=1S/C12H19NO/c14-12-8-5-9-13(12)10-11-6-3-1-2-4-7-11/h10H,1-9H2. The Balaban J connectivity index is 1.97. The van der Waals surface area contributed by atoms with Gasteiger partial charge in [-0.05, 0) is 32.1 Å². The van der Waals surface area contributed by atoms with E-state index in [1.165, 1.54) is 44.1 Å². The third-order valence-corrected chi connectivity index (χ3v) is 3.19. The molecule has 2 heteroatoms. The minimum Gasteiger partial charge on any atom is -0.319 e. The van der Waals surface area contributed by atoms with Crippen LogP contribution in [0, 0.1) is 0 Å². The van der Waals surface area contributed by atoms with Gasteiger partial charge in [0.25, 0.3) is 0 Å². The Labute approximate surface area is 86.0 Å². The summed E-state index contributed by atoms with van der Waals surface area (Å²) in [5, 5.41) is 0. The maximum atomic E-state index is 11.4. The van der Waals surface area contributed by atoms with Gasteiger partial charge in [-0.25, -0.2) is 0 Å². The quantitative estimate of drug-likeness (QED) is 0.586. The number of carbonyl (C=O) groups is 1. The van der Waals surface area contributed by atoms with Gasteiger partial charge >= 0.3 is 0 Å². The lowest BCUT2D eigenvalue weighted by atomic mass is 10.1. The largest absolute Gasteiger partial charge is 0.319 e. The van der Waals surface area contributed by atoms with Crippen molar-refractivity contribution in [2.24, 2.45) is 0 Å². The lowest BCUT2D eigenvalue weighted by molar-refractivity contribution is -0.125. The number of amides is 1. The molecule has 0 aromatic carbocycles. The van der Waals surface area contributed by atoms with E-state index in [0.717, 1.165) is 19.4 Å². The first-order valence-electron chi connectivity index (χ1n) is 5.85. The molecule has 0 bridgehead atoms. The van der Waals surface area contributed by atoms with Crippen LogP contribution in [0.15, 0.2) is 11.8 Å². The summed E-state index contributed by atoms with van der Waals surface area (Å²) in [5.41, 5.74) is 1.50. The van der Waals surface area contributed by atoms with Crippen LogP contribution >= 0.6 is 0 Å². The Morgan fingerprint density at radius 3 is 2.21 bits per heavy atom. The van der Waals surface area contributed by atoms with E-state index < -0.39 is 0 Å². The predicted molar refractivity (Wildman–Crippen MR) is 56.7 cm³/mol. The van der Waals surface area contributed by atoms with Gasteiger partial charge in [0, 0.05) is 19.2 Å². The molecule has 0 aromatic heterocycles. The fourth-order valence-corrected chi connectivity index (χ4v) is 2.34. The predicted octanol–water partition coefficient (Wildman–Crippen LogP) is 2.85. The Kier molecular flexibility index (Phi) is 3.22. The third-order valence-electron chi connectivity index (χ3n) is 3.19. The summed E-state index contributed by atoms with van der Waals surface area (Å²) < 4.78 is 0. The molecule has 14 heavy (non-hydrogen) atoms. The molecule has 1 aliphatic heterocycles. The highest BCUT2D eigenvalue weighted by atomic mass is 16.2. The molecule has 1 aliphatic carbocycles. The zero-order valence-corrected chi connectivity index (χ0v) is 8.80. The molecule has 1 heterocycles. The van der Waals surface area contributed by atoms with Crippen LogP contribution in [0.2, 0.25) is 0 Å². The van der Waals surface area contributed by atoms with Gasteiger partial charge in [0.05, 0.1) is 0 Å². The van der Waals surface area contributed by atoms with E-state index in [0.29, 0.717) is 5.91 Å². The number of rotatable bonds is 1. The van der Waals surface area contributed by atoms with Crippen LogP contribution in [-0.4, -0.2) is 17.4 Å². The third kappa shape index (κ3) is 2.37. The molecule has 0 N–H and O–H groups in total. The van der Waals surface area contributed by atoms with Gasteiger partial charge in [0.1, 0.15) is 0 Å². The second-order valence-corrected chi connectivity index (χ2v) is 4.39. The molecule has 2 aliphatic rings. The molecule has 0 radical (unpaired) electrons. The maximum Gasteiger partial charge on any atom is 0.226 e. The van der Waals surface area contributed by atoms with Crippen LogP contribution in [0.4, 0.5) is 0 Å². The first-order valence-corrected chi connectivity index (χ1v) is 5.85. The summed E-state index contributed by atoms with van der Waals surface area (Å²) in [7, 11) is 0. The lowest BCUT2D eigenvalue weighted by Gasteiger charge is -2.12. The minimum atomic E-state index is 0.321. The number of hydrogen-bond donors (Lipinski definition) is 0. The summed E-state index contributed by atoms with van der Waals surface area (Å²) in [6.07, 6.45) is 11.7. The fraction of sp³-hybridized carbons (Fsp3) is 0.750. The highest BCUT2D eigenvalue weighted by Gasteiger charge is 2.18. The van der Waals surface area contributed by atoms with Crippen molar-refractivity contribution < 1.29 is 4.79 Å². The highest BCUT2D eigenvalue weighted by Crippen LogP contribution is 2.23. The summed E-state index contributed by atoms with van der Waals surface area (Å²) >= 11 is 0. The molecule has 1 amide bonds. The van der Waals surface area contributed by atoms with Crippen LogP contribution in [0.1, 0.15) is 51.4 Å². The monoisotopic (exact) mass is 193 g/mol. The summed E-state index contributed by atoms with van der Waals surface area (Å²) in [6, 6.07) is 0. The molecular weight excluding hydrogens is 174 g/mol. The van der Waals surface area contributed by atoms with Crippen LogP contribution in [0.5, 0.6) is 0 Å². The Bertz CT molecular complexity index is 235. The first kappa shape index (κ1) is 9.75. The number of hydrogen-bond acceptors (Lipinski definition) is 1. The van der Waals surface area contributed by atoms with E-state index in [-0.39, 0.29) is 0 Å². The van der Waals surface area contributed by atoms with Crippen LogP contribution < -0.4 is 0 Å². The number of nitrogens with zero attached hydrogens (tertiary/aromatic N) is 1. The number of carbonyl (C=O) groups excluding carboxylic acids is 1. The average molecular weight is 193 g/mol. The molecule has 2 fully saturated rings. The zero-order chi connectivity index (χ0) is 9.80. The van der Waals surface area contributed by atoms with E-state index >= 15 is 0 Å². The van der Waals surface area contributed by atoms with Crippen LogP contribution in [-0.2, 0) is 4.79 Å². The fourth-order valence-electron chi connectivity index (χ4n) is 2.34. The molecule has 0 spiro atoms. The van der Waals surface area contributed by atoms with Gasteiger partial charge in [-0.15, -0.1) is 0 Å². The van der Waals surface area contributed by atoms with Crippen molar-refractivity contribution in [3.05, 3.63) is 11.8 Å². The second-order valence-electron chi connectivity index (χ2n) is 4.39. The van der Waals surface area contributed by atoms with Crippen molar-refractivity contribution in [2.75, 3.05) is 6.54 Å². The van der Waals surface area contributed by atoms with Crippen molar-refractivity contribution in [2.45, 2.75) is 51.4 Å². The molecule has 0 atom stereocenters. The van der Waals surface area contributed by atoms with Crippen molar-refractivity contribution in [3.8, 4) is 0 Å². The number of allylic oxidation sites excluding steroid dienone is 1. The van der Waals surface area contributed by atoms with Gasteiger partial charge < -0.3 is 4.90 Å². The highest BCUT2D eigenvalue weighted by molar-refractivity contribution is 5.79. The van der Waals surface area contributed by atoms with E-state index in [9.17, 15) is 4.79 Å². The van der Waals surface area contributed by atoms with Crippen molar-refractivity contribution in [1.82, 2.24) is 4.90 Å². The number of likely N-dealkylation sites (tertiary alicyclic amines) is 1. The van der Waals surface area contributed by atoms with Crippen molar-refractivity contribution in [3.63, 3.8) is 0 Å². The topological polar surface area (TPSA) is 20.3 Å². The normalized spacial score (nSPS) is 23.9. The molecule has 2 rings (SSSR count). The second kappa shape index (κ2) is 4.63. The Hall–Kier alpha value is -0.790. The molecule has 78 valence electrons. The van der Waals surface area contributed by atoms with Gasteiger partial charge in [-0.3, -0.25) is 4.79 Å². The van der Waals surface area contributed by atoms with Crippen LogP contribution in [0.25, 0.3) is 0 Å². The van der Waals surface area contributed by atoms with Crippen LogP contribution in [0.3, 0.4) is 0 Å². The molecule has 1 saturated carbocycles.